The molecule has 1 aromatic heterocycles. The van der Waals surface area contributed by atoms with E-state index in [4.69, 9.17) is 0 Å². The fourth-order valence-corrected chi connectivity index (χ4v) is 5.31. The third-order valence-electron chi connectivity index (χ3n) is 6.80. The number of rotatable bonds is 4. The van der Waals surface area contributed by atoms with Crippen LogP contribution in [0.3, 0.4) is 0 Å². The van der Waals surface area contributed by atoms with Gasteiger partial charge in [0.1, 0.15) is 5.82 Å². The van der Waals surface area contributed by atoms with Gasteiger partial charge in [-0.1, -0.05) is 48.0 Å². The van der Waals surface area contributed by atoms with E-state index in [1.807, 2.05) is 30.9 Å². The van der Waals surface area contributed by atoms with Crippen molar-refractivity contribution in [3.63, 3.8) is 0 Å². The van der Waals surface area contributed by atoms with Crippen LogP contribution < -0.4 is 0 Å². The predicted molar refractivity (Wildman–Crippen MR) is 120 cm³/mol. The molecule has 3 aromatic rings. The first-order valence-corrected chi connectivity index (χ1v) is 11.0. The molecular weight excluding hydrogens is 386 g/mol. The summed E-state index contributed by atoms with van der Waals surface area (Å²) >= 11 is 0. The van der Waals surface area contributed by atoms with Crippen molar-refractivity contribution in [1.82, 2.24) is 25.0 Å². The van der Waals surface area contributed by atoms with E-state index in [9.17, 15) is 4.79 Å². The molecule has 2 aromatic carbocycles. The molecule has 3 heterocycles. The van der Waals surface area contributed by atoms with Crippen LogP contribution in [0, 0.1) is 26.2 Å². The molecule has 1 amide bonds. The molecule has 160 valence electrons. The molecule has 2 fully saturated rings. The number of nitrogens with one attached hydrogen (secondary N) is 1. The summed E-state index contributed by atoms with van der Waals surface area (Å²) in [6.45, 7) is 10.3. The second-order valence-electron chi connectivity index (χ2n) is 9.33. The van der Waals surface area contributed by atoms with Gasteiger partial charge in [0, 0.05) is 49.6 Å². The number of aryl methyl sites for hydroxylation is 3. The van der Waals surface area contributed by atoms with Gasteiger partial charge in [0.15, 0.2) is 5.82 Å². The number of benzene rings is 2. The van der Waals surface area contributed by atoms with Gasteiger partial charge in [0.2, 0.25) is 0 Å². The number of carbonyl (C=O) groups is 1. The zero-order valence-corrected chi connectivity index (χ0v) is 18.4. The summed E-state index contributed by atoms with van der Waals surface area (Å²) in [4.78, 5) is 22.3. The summed E-state index contributed by atoms with van der Waals surface area (Å²) in [5.41, 5.74) is 4.36. The highest BCUT2D eigenvalue weighted by Crippen LogP contribution is 2.49. The minimum atomic E-state index is 0.0116. The molecule has 1 unspecified atom stereocenters. The molecular formula is C25H29N5O. The normalized spacial score (nSPS) is 20.2. The van der Waals surface area contributed by atoms with Crippen molar-refractivity contribution in [3.8, 4) is 0 Å². The molecule has 0 aliphatic carbocycles. The summed E-state index contributed by atoms with van der Waals surface area (Å²) in [6.07, 6.45) is 0. The van der Waals surface area contributed by atoms with Crippen LogP contribution in [0.25, 0.3) is 0 Å². The zero-order valence-electron chi connectivity index (χ0n) is 18.4. The van der Waals surface area contributed by atoms with Crippen molar-refractivity contribution >= 4 is 5.91 Å². The van der Waals surface area contributed by atoms with Gasteiger partial charge in [0.05, 0.1) is 0 Å². The molecule has 1 N–H and O–H groups in total. The van der Waals surface area contributed by atoms with Crippen LogP contribution in [0.15, 0.2) is 48.5 Å². The molecule has 6 heteroatoms. The lowest BCUT2D eigenvalue weighted by Gasteiger charge is -2.50. The van der Waals surface area contributed by atoms with Gasteiger partial charge < -0.3 is 4.90 Å². The van der Waals surface area contributed by atoms with Crippen LogP contribution in [0.4, 0.5) is 0 Å². The standard InChI is InChI=1S/C25H29N5O/c1-17-9-10-21(18(2)11-17)24(31)30-15-25(16-30)14-29(12-20-7-5-4-6-8-20)13-22(25)23-26-19(3)27-28-23/h4-11,22H,12-16H2,1-3H3,(H,26,27,28). The molecule has 2 aliphatic rings. The van der Waals surface area contributed by atoms with Gasteiger partial charge in [-0.15, -0.1) is 0 Å². The molecule has 0 bridgehead atoms. The van der Waals surface area contributed by atoms with E-state index in [0.717, 1.165) is 55.5 Å². The fourth-order valence-electron chi connectivity index (χ4n) is 5.31. The van der Waals surface area contributed by atoms with Gasteiger partial charge in [-0.05, 0) is 38.0 Å². The number of H-pyrrole nitrogens is 1. The molecule has 2 saturated heterocycles. The van der Waals surface area contributed by atoms with Crippen LogP contribution in [0.1, 0.15) is 44.6 Å². The molecule has 31 heavy (non-hydrogen) atoms. The largest absolute Gasteiger partial charge is 0.337 e. The number of aromatic amines is 1. The Hall–Kier alpha value is -2.99. The van der Waals surface area contributed by atoms with Crippen LogP contribution in [0.2, 0.25) is 0 Å². The van der Waals surface area contributed by atoms with Gasteiger partial charge in [-0.25, -0.2) is 4.98 Å². The maximum Gasteiger partial charge on any atom is 0.254 e. The van der Waals surface area contributed by atoms with E-state index in [-0.39, 0.29) is 17.2 Å². The molecule has 0 radical (unpaired) electrons. The van der Waals surface area contributed by atoms with E-state index in [0.29, 0.717) is 0 Å². The summed E-state index contributed by atoms with van der Waals surface area (Å²) in [5, 5.41) is 7.51. The van der Waals surface area contributed by atoms with Crippen molar-refractivity contribution in [2.75, 3.05) is 26.2 Å². The van der Waals surface area contributed by atoms with Gasteiger partial charge >= 0.3 is 0 Å². The smallest absolute Gasteiger partial charge is 0.254 e. The number of likely N-dealkylation sites (tertiary alicyclic amines) is 2. The van der Waals surface area contributed by atoms with Crippen molar-refractivity contribution in [1.29, 1.82) is 0 Å². The molecule has 5 rings (SSSR count). The van der Waals surface area contributed by atoms with Gasteiger partial charge in [0.25, 0.3) is 5.91 Å². The first kappa shape index (κ1) is 19.9. The van der Waals surface area contributed by atoms with E-state index in [2.05, 4.69) is 63.4 Å². The lowest BCUT2D eigenvalue weighted by molar-refractivity contribution is 0.00174. The van der Waals surface area contributed by atoms with Crippen molar-refractivity contribution in [2.45, 2.75) is 33.2 Å². The van der Waals surface area contributed by atoms with Gasteiger partial charge in [-0.3, -0.25) is 14.8 Å². The molecule has 1 spiro atoms. The lowest BCUT2D eigenvalue weighted by atomic mass is 9.71. The first-order valence-electron chi connectivity index (χ1n) is 11.0. The Morgan fingerprint density at radius 2 is 1.87 bits per heavy atom. The van der Waals surface area contributed by atoms with Crippen LogP contribution in [0.5, 0.6) is 0 Å². The highest BCUT2D eigenvalue weighted by molar-refractivity contribution is 5.96. The average molecular weight is 416 g/mol. The summed E-state index contributed by atoms with van der Waals surface area (Å²) in [7, 11) is 0. The van der Waals surface area contributed by atoms with Crippen molar-refractivity contribution in [3.05, 3.63) is 82.4 Å². The Morgan fingerprint density at radius 1 is 1.10 bits per heavy atom. The highest BCUT2D eigenvalue weighted by Gasteiger charge is 2.57. The van der Waals surface area contributed by atoms with Crippen LogP contribution in [-0.4, -0.2) is 57.1 Å². The second kappa shape index (κ2) is 7.61. The number of amides is 1. The number of nitrogens with zero attached hydrogens (tertiary/aromatic N) is 4. The fraction of sp³-hybridized carbons (Fsp3) is 0.400. The molecule has 0 saturated carbocycles. The summed E-state index contributed by atoms with van der Waals surface area (Å²) in [6, 6.07) is 16.6. The van der Waals surface area contributed by atoms with Crippen molar-refractivity contribution in [2.24, 2.45) is 5.41 Å². The Bertz CT molecular complexity index is 1100. The number of hydrogen-bond acceptors (Lipinski definition) is 4. The number of hydrogen-bond donors (Lipinski definition) is 1. The van der Waals surface area contributed by atoms with Gasteiger partial charge in [-0.2, -0.15) is 5.10 Å². The SMILES string of the molecule is Cc1ccc(C(=O)N2CC3(CN(Cc4ccccc4)CC3c3n[nH]c(C)n3)C2)c(C)c1. The second-order valence-corrected chi connectivity index (χ2v) is 9.33. The molecule has 2 aliphatic heterocycles. The van der Waals surface area contributed by atoms with Crippen LogP contribution in [-0.2, 0) is 6.54 Å². The quantitative estimate of drug-likeness (QED) is 0.709. The summed E-state index contributed by atoms with van der Waals surface area (Å²) in [5.74, 6) is 2.08. The average Bonchev–Trinajstić information content (AvgIpc) is 3.31. The van der Waals surface area contributed by atoms with E-state index >= 15 is 0 Å². The number of aromatic nitrogens is 3. The first-order chi connectivity index (χ1) is 14.9. The number of carbonyl (C=O) groups excluding carboxylic acids is 1. The van der Waals surface area contributed by atoms with Crippen molar-refractivity contribution < 1.29 is 4.79 Å². The van der Waals surface area contributed by atoms with E-state index < -0.39 is 0 Å². The highest BCUT2D eigenvalue weighted by atomic mass is 16.2. The minimum Gasteiger partial charge on any atom is -0.337 e. The monoisotopic (exact) mass is 415 g/mol. The summed E-state index contributed by atoms with van der Waals surface area (Å²) < 4.78 is 0. The Morgan fingerprint density at radius 3 is 2.55 bits per heavy atom. The Balaban J connectivity index is 1.36. The third-order valence-corrected chi connectivity index (χ3v) is 6.80. The van der Waals surface area contributed by atoms with Crippen LogP contribution >= 0.6 is 0 Å². The lowest BCUT2D eigenvalue weighted by Crippen LogP contribution is -2.61. The minimum absolute atomic E-state index is 0.0116. The van der Waals surface area contributed by atoms with E-state index in [1.165, 1.54) is 11.1 Å². The van der Waals surface area contributed by atoms with E-state index in [1.54, 1.807) is 0 Å². The third kappa shape index (κ3) is 3.65. The molecule has 1 atom stereocenters. The molecule has 6 nitrogen and oxygen atoms in total. The Labute approximate surface area is 183 Å². The zero-order chi connectivity index (χ0) is 21.6. The Kier molecular flexibility index (Phi) is 4.89. The topological polar surface area (TPSA) is 65.1 Å². The maximum atomic E-state index is 13.2. The maximum absolute atomic E-state index is 13.2. The predicted octanol–water partition coefficient (Wildman–Crippen LogP) is 3.47.